The van der Waals surface area contributed by atoms with Crippen LogP contribution in [0, 0.1) is 11.3 Å². The lowest BCUT2D eigenvalue weighted by Crippen LogP contribution is -2.42. The van der Waals surface area contributed by atoms with Crippen molar-refractivity contribution < 1.29 is 0 Å². The van der Waals surface area contributed by atoms with Gasteiger partial charge >= 0.3 is 0 Å². The molecule has 1 unspecified atom stereocenters. The molecule has 1 saturated heterocycles. The van der Waals surface area contributed by atoms with Crippen LogP contribution in [0.25, 0.3) is 0 Å². The van der Waals surface area contributed by atoms with Gasteiger partial charge in [-0.2, -0.15) is 17.0 Å². The second-order valence-corrected chi connectivity index (χ2v) is 3.53. The third-order valence-corrected chi connectivity index (χ3v) is 2.79. The minimum atomic E-state index is -0.511. The first-order valence-corrected chi connectivity index (χ1v) is 4.20. The molecule has 2 N–H and O–H groups in total. The Morgan fingerprint density at radius 1 is 1.67 bits per heavy atom. The van der Waals surface area contributed by atoms with Gasteiger partial charge in [0.2, 0.25) is 0 Å². The fourth-order valence-electron chi connectivity index (χ4n) is 0.904. The summed E-state index contributed by atoms with van der Waals surface area (Å²) in [6.45, 7) is 0. The minimum absolute atomic E-state index is 0.511. The molecule has 3 heteroatoms. The van der Waals surface area contributed by atoms with E-state index in [1.54, 1.807) is 11.8 Å². The van der Waals surface area contributed by atoms with Crippen molar-refractivity contribution in [2.75, 3.05) is 11.5 Å². The van der Waals surface area contributed by atoms with E-state index in [4.69, 9.17) is 11.0 Å². The summed E-state index contributed by atoms with van der Waals surface area (Å²) in [5.41, 5.74) is 5.17. The largest absolute Gasteiger partial charge is 0.313 e. The van der Waals surface area contributed by atoms with Crippen LogP contribution in [-0.2, 0) is 0 Å². The van der Waals surface area contributed by atoms with Crippen molar-refractivity contribution in [2.45, 2.75) is 18.4 Å². The lowest BCUT2D eigenvalue weighted by Gasteiger charge is -2.24. The molecule has 0 aromatic carbocycles. The van der Waals surface area contributed by atoms with Crippen molar-refractivity contribution in [3.05, 3.63) is 0 Å². The predicted molar refractivity (Wildman–Crippen MR) is 39.1 cm³/mol. The molecule has 1 aliphatic rings. The molecule has 0 radical (unpaired) electrons. The van der Waals surface area contributed by atoms with Crippen LogP contribution in [0.2, 0.25) is 0 Å². The Hall–Kier alpha value is -0.200. The zero-order chi connectivity index (χ0) is 6.74. The molecule has 0 saturated carbocycles. The van der Waals surface area contributed by atoms with Gasteiger partial charge in [0, 0.05) is 5.75 Å². The third kappa shape index (κ3) is 1.60. The van der Waals surface area contributed by atoms with E-state index in [0.29, 0.717) is 0 Å². The highest BCUT2D eigenvalue weighted by Gasteiger charge is 2.26. The molecule has 0 spiro atoms. The van der Waals surface area contributed by atoms with E-state index in [1.807, 2.05) is 0 Å². The van der Waals surface area contributed by atoms with E-state index in [9.17, 15) is 0 Å². The average Bonchev–Trinajstić information content (AvgIpc) is 1.90. The predicted octanol–water partition coefficient (Wildman–Crippen LogP) is 0.734. The van der Waals surface area contributed by atoms with E-state index < -0.39 is 5.54 Å². The Bertz CT molecular complexity index is 132. The van der Waals surface area contributed by atoms with Crippen LogP contribution in [-0.4, -0.2) is 17.0 Å². The number of nitrogens with two attached hydrogens (primary N) is 1. The molecule has 0 aliphatic carbocycles. The highest BCUT2D eigenvalue weighted by atomic mass is 32.2. The molecule has 9 heavy (non-hydrogen) atoms. The summed E-state index contributed by atoms with van der Waals surface area (Å²) in [4.78, 5) is 0. The van der Waals surface area contributed by atoms with Gasteiger partial charge in [-0.15, -0.1) is 0 Å². The number of hydrogen-bond donors (Lipinski definition) is 1. The van der Waals surface area contributed by atoms with Gasteiger partial charge in [0.15, 0.2) is 0 Å². The second kappa shape index (κ2) is 2.59. The maximum atomic E-state index is 8.56. The number of rotatable bonds is 0. The summed E-state index contributed by atoms with van der Waals surface area (Å²) in [6, 6.07) is 2.14. The lowest BCUT2D eigenvalue weighted by molar-refractivity contribution is 0.536. The molecule has 0 aromatic heterocycles. The van der Waals surface area contributed by atoms with Gasteiger partial charge < -0.3 is 5.73 Å². The maximum Gasteiger partial charge on any atom is 0.113 e. The van der Waals surface area contributed by atoms with Gasteiger partial charge in [0.25, 0.3) is 0 Å². The van der Waals surface area contributed by atoms with Crippen LogP contribution in [0.4, 0.5) is 0 Å². The second-order valence-electron chi connectivity index (χ2n) is 2.42. The molecule has 0 bridgehead atoms. The smallest absolute Gasteiger partial charge is 0.113 e. The molecular formula is C6H10N2S. The molecule has 50 valence electrons. The van der Waals surface area contributed by atoms with Gasteiger partial charge in [0.05, 0.1) is 6.07 Å². The Labute approximate surface area is 59.4 Å². The molecule has 1 atom stereocenters. The Morgan fingerprint density at radius 2 is 2.44 bits per heavy atom. The lowest BCUT2D eigenvalue weighted by atomic mass is 9.99. The Kier molecular flexibility index (Phi) is 1.99. The van der Waals surface area contributed by atoms with Crippen LogP contribution in [0.5, 0.6) is 0 Å². The first-order valence-electron chi connectivity index (χ1n) is 3.05. The Morgan fingerprint density at radius 3 is 2.78 bits per heavy atom. The molecule has 1 heterocycles. The third-order valence-electron chi connectivity index (χ3n) is 1.49. The first kappa shape index (κ1) is 6.91. The molecule has 2 nitrogen and oxygen atoms in total. The van der Waals surface area contributed by atoms with Crippen molar-refractivity contribution in [3.8, 4) is 6.07 Å². The summed E-state index contributed by atoms with van der Waals surface area (Å²) >= 11 is 1.78. The SMILES string of the molecule is N#CC1(N)CCCSC1. The molecular weight excluding hydrogens is 132 g/mol. The van der Waals surface area contributed by atoms with Crippen LogP contribution < -0.4 is 5.73 Å². The van der Waals surface area contributed by atoms with Crippen LogP contribution >= 0.6 is 11.8 Å². The quantitative estimate of drug-likeness (QED) is 0.542. The van der Waals surface area contributed by atoms with Crippen molar-refractivity contribution in [1.82, 2.24) is 0 Å². The van der Waals surface area contributed by atoms with Crippen LogP contribution in [0.15, 0.2) is 0 Å². The Balaban J connectivity index is 2.49. The van der Waals surface area contributed by atoms with E-state index >= 15 is 0 Å². The fraction of sp³-hybridized carbons (Fsp3) is 0.833. The molecule has 1 fully saturated rings. The van der Waals surface area contributed by atoms with Gasteiger partial charge in [-0.3, -0.25) is 0 Å². The monoisotopic (exact) mass is 142 g/mol. The summed E-state index contributed by atoms with van der Waals surface area (Å²) in [7, 11) is 0. The van der Waals surface area contributed by atoms with Gasteiger partial charge in [-0.25, -0.2) is 0 Å². The zero-order valence-corrected chi connectivity index (χ0v) is 6.08. The normalized spacial score (nSPS) is 35.6. The molecule has 0 amide bonds. The molecule has 0 aromatic rings. The standard InChI is InChI=1S/C6H10N2S/c7-4-6(8)2-1-3-9-5-6/h1-3,5,8H2. The number of thioether (sulfide) groups is 1. The van der Waals surface area contributed by atoms with E-state index in [2.05, 4.69) is 6.07 Å². The van der Waals surface area contributed by atoms with Gasteiger partial charge in [-0.05, 0) is 18.6 Å². The fourth-order valence-corrected chi connectivity index (χ4v) is 1.97. The maximum absolute atomic E-state index is 8.56. The van der Waals surface area contributed by atoms with Crippen LogP contribution in [0.1, 0.15) is 12.8 Å². The summed E-state index contributed by atoms with van der Waals surface area (Å²) in [5.74, 6) is 1.98. The zero-order valence-electron chi connectivity index (χ0n) is 5.26. The molecule has 1 rings (SSSR count). The topological polar surface area (TPSA) is 49.8 Å². The highest BCUT2D eigenvalue weighted by Crippen LogP contribution is 2.23. The summed E-state index contributed by atoms with van der Waals surface area (Å²) < 4.78 is 0. The van der Waals surface area contributed by atoms with E-state index in [1.165, 1.54) is 5.75 Å². The van der Waals surface area contributed by atoms with Crippen molar-refractivity contribution in [2.24, 2.45) is 5.73 Å². The first-order chi connectivity index (χ1) is 4.27. The summed E-state index contributed by atoms with van der Waals surface area (Å²) in [5, 5.41) is 8.56. The van der Waals surface area contributed by atoms with Gasteiger partial charge in [0.1, 0.15) is 5.54 Å². The van der Waals surface area contributed by atoms with Crippen molar-refractivity contribution in [1.29, 1.82) is 5.26 Å². The van der Waals surface area contributed by atoms with Crippen molar-refractivity contribution in [3.63, 3.8) is 0 Å². The minimum Gasteiger partial charge on any atom is -0.313 e. The summed E-state index contributed by atoms with van der Waals surface area (Å²) in [6.07, 6.45) is 1.96. The van der Waals surface area contributed by atoms with E-state index in [-0.39, 0.29) is 0 Å². The van der Waals surface area contributed by atoms with Crippen molar-refractivity contribution >= 4 is 11.8 Å². The highest BCUT2D eigenvalue weighted by molar-refractivity contribution is 7.99. The number of nitrogens with zero attached hydrogens (tertiary/aromatic N) is 1. The van der Waals surface area contributed by atoms with E-state index in [0.717, 1.165) is 18.6 Å². The number of nitriles is 1. The number of hydrogen-bond acceptors (Lipinski definition) is 3. The average molecular weight is 142 g/mol. The van der Waals surface area contributed by atoms with Gasteiger partial charge in [-0.1, -0.05) is 0 Å². The molecule has 1 aliphatic heterocycles. The van der Waals surface area contributed by atoms with Crippen LogP contribution in [0.3, 0.4) is 0 Å².